The number of ether oxygens (including phenoxy) is 2. The number of carbonyl (C=O) groups excluding carboxylic acids is 1. The number of ketones is 1. The van der Waals surface area contributed by atoms with Gasteiger partial charge in [-0.25, -0.2) is 0 Å². The van der Waals surface area contributed by atoms with Gasteiger partial charge in [0.25, 0.3) is 0 Å². The Morgan fingerprint density at radius 3 is 2.32 bits per heavy atom. The molecule has 0 radical (unpaired) electrons. The molecule has 0 spiro atoms. The molecule has 0 saturated carbocycles. The van der Waals surface area contributed by atoms with Crippen molar-refractivity contribution in [3.05, 3.63) is 47.0 Å². The number of aliphatic hydroxyl groups excluding tert-OH is 4. The van der Waals surface area contributed by atoms with Gasteiger partial charge in [0.15, 0.2) is 5.78 Å². The molecule has 5 atom stereocenters. The third kappa shape index (κ3) is 6.20. The Bertz CT molecular complexity index is 1100. The number of piperidine rings is 1. The SMILES string of the molecule is O=C(CCc1ccc(O)cc1)c1c(O[C@@H]2O[C@H](CO)[C@@H](O)[C@H](O)[C@H]2O)cc(O)c(CN2CCCCC2)c1O. The molecule has 4 rings (SSSR count). The number of nitrogens with zero attached hydrogens (tertiary/aromatic N) is 1. The standard InChI is InChI=1S/C27H35NO10/c29-14-21-24(34)25(35)26(36)27(38-21)37-20-12-19(32)17(13-28-10-2-1-3-11-28)23(33)22(20)18(31)9-6-15-4-7-16(30)8-5-15/h4-5,7-8,12,21,24-27,29-30,32-36H,1-3,6,9-11,13-14H2/t21-,24-,25+,26-,27-/m1/s1. The van der Waals surface area contributed by atoms with Crippen molar-refractivity contribution in [2.75, 3.05) is 19.7 Å². The van der Waals surface area contributed by atoms with E-state index in [0.717, 1.165) is 44.0 Å². The van der Waals surface area contributed by atoms with Crippen LogP contribution in [0.3, 0.4) is 0 Å². The van der Waals surface area contributed by atoms with E-state index in [9.17, 15) is 40.5 Å². The Morgan fingerprint density at radius 2 is 1.66 bits per heavy atom. The van der Waals surface area contributed by atoms with Crippen molar-refractivity contribution in [2.45, 2.75) is 69.4 Å². The molecule has 11 heteroatoms. The first-order valence-corrected chi connectivity index (χ1v) is 12.8. The maximum Gasteiger partial charge on any atom is 0.229 e. The lowest BCUT2D eigenvalue weighted by molar-refractivity contribution is -0.277. The van der Waals surface area contributed by atoms with Crippen LogP contribution in [0.5, 0.6) is 23.0 Å². The lowest BCUT2D eigenvalue weighted by Crippen LogP contribution is -2.60. The summed E-state index contributed by atoms with van der Waals surface area (Å²) in [7, 11) is 0. The third-order valence-electron chi connectivity index (χ3n) is 7.12. The number of aromatic hydroxyl groups is 3. The molecule has 11 nitrogen and oxygen atoms in total. The van der Waals surface area contributed by atoms with Crippen molar-refractivity contribution in [1.82, 2.24) is 4.90 Å². The third-order valence-corrected chi connectivity index (χ3v) is 7.12. The number of hydrogen-bond acceptors (Lipinski definition) is 11. The molecule has 2 saturated heterocycles. The molecule has 0 aliphatic carbocycles. The van der Waals surface area contributed by atoms with Gasteiger partial charge >= 0.3 is 0 Å². The molecule has 208 valence electrons. The molecule has 0 bridgehead atoms. The molecule has 2 fully saturated rings. The molecular weight excluding hydrogens is 498 g/mol. The van der Waals surface area contributed by atoms with Crippen LogP contribution in [0.1, 0.15) is 47.2 Å². The number of benzene rings is 2. The number of rotatable bonds is 9. The minimum absolute atomic E-state index is 0.0443. The van der Waals surface area contributed by atoms with Crippen LogP contribution in [-0.4, -0.2) is 96.8 Å². The van der Waals surface area contributed by atoms with Crippen LogP contribution in [-0.2, 0) is 17.7 Å². The van der Waals surface area contributed by atoms with E-state index in [0.29, 0.717) is 6.42 Å². The number of phenolic OH excluding ortho intramolecular Hbond substituents is 3. The van der Waals surface area contributed by atoms with Gasteiger partial charge in [-0.2, -0.15) is 0 Å². The van der Waals surface area contributed by atoms with Crippen LogP contribution < -0.4 is 4.74 Å². The Labute approximate surface area is 220 Å². The molecule has 38 heavy (non-hydrogen) atoms. The summed E-state index contributed by atoms with van der Waals surface area (Å²) >= 11 is 0. The van der Waals surface area contributed by atoms with Crippen LogP contribution in [0.4, 0.5) is 0 Å². The van der Waals surface area contributed by atoms with E-state index < -0.39 is 48.8 Å². The van der Waals surface area contributed by atoms with Gasteiger partial charge in [-0.05, 0) is 50.0 Å². The van der Waals surface area contributed by atoms with Gasteiger partial charge in [0.05, 0.1) is 12.2 Å². The number of phenols is 3. The Balaban J connectivity index is 1.65. The first-order chi connectivity index (χ1) is 18.2. The molecule has 2 heterocycles. The van der Waals surface area contributed by atoms with Crippen LogP contribution >= 0.6 is 0 Å². The summed E-state index contributed by atoms with van der Waals surface area (Å²) in [6, 6.07) is 7.51. The van der Waals surface area contributed by atoms with Crippen LogP contribution in [0.15, 0.2) is 30.3 Å². The Morgan fingerprint density at radius 1 is 0.974 bits per heavy atom. The maximum atomic E-state index is 13.4. The van der Waals surface area contributed by atoms with Crippen molar-refractivity contribution >= 4 is 5.78 Å². The largest absolute Gasteiger partial charge is 0.508 e. The van der Waals surface area contributed by atoms with Gasteiger partial charge in [0.1, 0.15) is 53.0 Å². The molecule has 2 aromatic carbocycles. The first-order valence-electron chi connectivity index (χ1n) is 12.8. The average Bonchev–Trinajstić information content (AvgIpc) is 2.91. The van der Waals surface area contributed by atoms with Crippen LogP contribution in [0, 0.1) is 0 Å². The van der Waals surface area contributed by atoms with Gasteiger partial charge in [0.2, 0.25) is 6.29 Å². The fourth-order valence-electron chi connectivity index (χ4n) is 4.87. The van der Waals surface area contributed by atoms with Crippen LogP contribution in [0.25, 0.3) is 0 Å². The topological polar surface area (TPSA) is 180 Å². The molecule has 0 amide bonds. The quantitative estimate of drug-likeness (QED) is 0.226. The van der Waals surface area contributed by atoms with Gasteiger partial charge in [-0.1, -0.05) is 18.6 Å². The zero-order valence-corrected chi connectivity index (χ0v) is 20.9. The van der Waals surface area contributed by atoms with Gasteiger partial charge in [-0.3, -0.25) is 9.69 Å². The normalized spacial score (nSPS) is 26.3. The predicted octanol–water partition coefficient (Wildman–Crippen LogP) is 0.783. The second kappa shape index (κ2) is 12.3. The van der Waals surface area contributed by atoms with E-state index in [1.807, 2.05) is 0 Å². The van der Waals surface area contributed by atoms with E-state index in [1.165, 1.54) is 12.1 Å². The zero-order chi connectivity index (χ0) is 27.4. The van der Waals surface area contributed by atoms with Gasteiger partial charge in [0, 0.05) is 19.0 Å². The van der Waals surface area contributed by atoms with Crippen LogP contribution in [0.2, 0.25) is 0 Å². The van der Waals surface area contributed by atoms with E-state index in [-0.39, 0.29) is 41.3 Å². The Kier molecular flexibility index (Phi) is 9.08. The van der Waals surface area contributed by atoms with Crippen molar-refractivity contribution in [3.8, 4) is 23.0 Å². The number of hydrogen-bond donors (Lipinski definition) is 7. The summed E-state index contributed by atoms with van der Waals surface area (Å²) in [6.07, 6.45) is -4.59. The van der Waals surface area contributed by atoms with E-state index in [2.05, 4.69) is 4.90 Å². The van der Waals surface area contributed by atoms with Gasteiger partial charge < -0.3 is 45.2 Å². The summed E-state index contributed by atoms with van der Waals surface area (Å²) in [4.78, 5) is 15.5. The molecule has 7 N–H and O–H groups in total. The molecule has 2 aliphatic rings. The highest BCUT2D eigenvalue weighted by molar-refractivity contribution is 6.02. The van der Waals surface area contributed by atoms with E-state index in [4.69, 9.17) is 9.47 Å². The minimum atomic E-state index is -1.75. The number of likely N-dealkylation sites (tertiary alicyclic amines) is 1. The highest BCUT2D eigenvalue weighted by Crippen LogP contribution is 2.41. The molecule has 2 aliphatic heterocycles. The fraction of sp³-hybridized carbons (Fsp3) is 0.519. The van der Waals surface area contributed by atoms with Gasteiger partial charge in [-0.15, -0.1) is 0 Å². The first kappa shape index (κ1) is 28.1. The summed E-state index contributed by atoms with van der Waals surface area (Å²) in [5.74, 6) is -1.46. The lowest BCUT2D eigenvalue weighted by Gasteiger charge is -2.39. The number of aliphatic hydroxyl groups is 4. The summed E-state index contributed by atoms with van der Waals surface area (Å²) in [5.41, 5.74) is 0.728. The van der Waals surface area contributed by atoms with Crippen molar-refractivity contribution < 1.29 is 50.0 Å². The van der Waals surface area contributed by atoms with E-state index >= 15 is 0 Å². The highest BCUT2D eigenvalue weighted by atomic mass is 16.7. The Hall–Kier alpha value is -2.93. The smallest absolute Gasteiger partial charge is 0.229 e. The monoisotopic (exact) mass is 533 g/mol. The molecular formula is C27H35NO10. The number of carbonyl (C=O) groups is 1. The summed E-state index contributed by atoms with van der Waals surface area (Å²) in [5, 5.41) is 71.6. The van der Waals surface area contributed by atoms with Crippen molar-refractivity contribution in [2.24, 2.45) is 0 Å². The minimum Gasteiger partial charge on any atom is -0.508 e. The molecule has 2 aromatic rings. The second-order valence-electron chi connectivity index (χ2n) is 9.84. The van der Waals surface area contributed by atoms with E-state index in [1.54, 1.807) is 12.1 Å². The van der Waals surface area contributed by atoms with Crippen molar-refractivity contribution in [3.63, 3.8) is 0 Å². The zero-order valence-electron chi connectivity index (χ0n) is 20.9. The van der Waals surface area contributed by atoms with Crippen molar-refractivity contribution in [1.29, 1.82) is 0 Å². The summed E-state index contributed by atoms with van der Waals surface area (Å²) < 4.78 is 11.1. The highest BCUT2D eigenvalue weighted by Gasteiger charge is 2.45. The fourth-order valence-corrected chi connectivity index (χ4v) is 4.87. The number of Topliss-reactive ketones (excluding diaryl/α,β-unsaturated/α-hetero) is 1. The lowest BCUT2D eigenvalue weighted by atomic mass is 9.97. The molecule has 0 unspecified atom stereocenters. The summed E-state index contributed by atoms with van der Waals surface area (Å²) in [6.45, 7) is 1.11. The predicted molar refractivity (Wildman–Crippen MR) is 134 cm³/mol. The average molecular weight is 534 g/mol. The second-order valence-corrected chi connectivity index (χ2v) is 9.84. The number of aryl methyl sites for hydroxylation is 1. The molecule has 0 aromatic heterocycles. The maximum absolute atomic E-state index is 13.4.